The van der Waals surface area contributed by atoms with Crippen molar-refractivity contribution >= 4 is 15.7 Å². The van der Waals surface area contributed by atoms with Gasteiger partial charge in [0.2, 0.25) is 0 Å². The summed E-state index contributed by atoms with van der Waals surface area (Å²) < 4.78 is 28.4. The first-order valence-corrected chi connectivity index (χ1v) is 11.4. The summed E-state index contributed by atoms with van der Waals surface area (Å²) in [4.78, 5) is 14.9. The molecule has 0 unspecified atom stereocenters. The Kier molecular flexibility index (Phi) is 6.83. The Morgan fingerprint density at radius 2 is 1.79 bits per heavy atom. The molecule has 0 aromatic heterocycles. The number of hydrogen-bond acceptors (Lipinski definition) is 5. The Bertz CT molecular complexity index is 922. The predicted octanol–water partition coefficient (Wildman–Crippen LogP) is 1.99. The molecule has 1 saturated heterocycles. The third-order valence-corrected chi connectivity index (χ3v) is 5.53. The number of amides is 1. The maximum Gasteiger partial charge on any atom is 0.251 e. The number of carbonyl (C=O) groups is 1. The number of morpholine rings is 1. The molecule has 6 nitrogen and oxygen atoms in total. The number of sulfone groups is 1. The first-order valence-electron chi connectivity index (χ1n) is 9.32. The highest BCUT2D eigenvalue weighted by molar-refractivity contribution is 7.89. The van der Waals surface area contributed by atoms with Gasteiger partial charge in [0.25, 0.3) is 5.91 Å². The molecule has 28 heavy (non-hydrogen) atoms. The van der Waals surface area contributed by atoms with Gasteiger partial charge in [-0.3, -0.25) is 9.69 Å². The van der Waals surface area contributed by atoms with Crippen LogP contribution in [0.25, 0.3) is 0 Å². The number of nitrogens with zero attached hydrogens (tertiary/aromatic N) is 1. The second-order valence-corrected chi connectivity index (χ2v) is 9.25. The first-order chi connectivity index (χ1) is 13.4. The van der Waals surface area contributed by atoms with Crippen molar-refractivity contribution in [2.45, 2.75) is 18.8 Å². The molecule has 7 heteroatoms. The lowest BCUT2D eigenvalue weighted by Gasteiger charge is -2.27. The van der Waals surface area contributed by atoms with Crippen molar-refractivity contribution in [2.75, 3.05) is 32.6 Å². The van der Waals surface area contributed by atoms with Crippen LogP contribution < -0.4 is 5.32 Å². The molecule has 0 saturated carbocycles. The van der Waals surface area contributed by atoms with Crippen LogP contribution in [-0.4, -0.2) is 51.8 Å². The quantitative estimate of drug-likeness (QED) is 0.767. The average molecular weight is 403 g/mol. The fraction of sp³-hybridized carbons (Fsp3) is 0.381. The molecule has 0 bridgehead atoms. The summed E-state index contributed by atoms with van der Waals surface area (Å²) in [5.74, 6) is -0.284. The summed E-state index contributed by atoms with van der Waals surface area (Å²) in [6.07, 6.45) is 1.19. The van der Waals surface area contributed by atoms with Crippen molar-refractivity contribution in [3.8, 4) is 0 Å². The highest BCUT2D eigenvalue weighted by Crippen LogP contribution is 2.14. The van der Waals surface area contributed by atoms with Gasteiger partial charge in [-0.05, 0) is 28.8 Å². The summed E-state index contributed by atoms with van der Waals surface area (Å²) in [5.41, 5.74) is 3.35. The van der Waals surface area contributed by atoms with E-state index in [4.69, 9.17) is 4.74 Å². The molecule has 3 rings (SSSR count). The zero-order valence-corrected chi connectivity index (χ0v) is 16.9. The van der Waals surface area contributed by atoms with Crippen LogP contribution in [-0.2, 0) is 33.4 Å². The lowest BCUT2D eigenvalue weighted by Crippen LogP contribution is -2.36. The molecule has 1 fully saturated rings. The highest BCUT2D eigenvalue weighted by Gasteiger charge is 2.14. The lowest BCUT2D eigenvalue weighted by molar-refractivity contribution is 0.0340. The van der Waals surface area contributed by atoms with Gasteiger partial charge < -0.3 is 10.1 Å². The zero-order chi connectivity index (χ0) is 20.0. The second-order valence-electron chi connectivity index (χ2n) is 7.11. The molecule has 0 aliphatic carbocycles. The minimum Gasteiger partial charge on any atom is -0.379 e. The van der Waals surface area contributed by atoms with Crippen molar-refractivity contribution in [1.29, 1.82) is 0 Å². The number of benzene rings is 2. The summed E-state index contributed by atoms with van der Waals surface area (Å²) in [5, 5.41) is 2.95. The molecule has 2 aromatic rings. The van der Waals surface area contributed by atoms with E-state index in [2.05, 4.69) is 16.3 Å². The number of rotatable bonds is 7. The van der Waals surface area contributed by atoms with Crippen molar-refractivity contribution in [3.05, 3.63) is 70.8 Å². The minimum atomic E-state index is -3.14. The number of carbonyl (C=O) groups excluding carboxylic acids is 1. The Labute approximate surface area is 166 Å². The monoisotopic (exact) mass is 402 g/mol. The van der Waals surface area contributed by atoms with E-state index in [-0.39, 0.29) is 11.7 Å². The molecule has 0 atom stereocenters. The number of nitrogens with one attached hydrogen (secondary N) is 1. The van der Waals surface area contributed by atoms with Crippen LogP contribution in [0.2, 0.25) is 0 Å². The Morgan fingerprint density at radius 1 is 1.07 bits per heavy atom. The minimum absolute atomic E-state index is 0.0729. The van der Waals surface area contributed by atoms with E-state index < -0.39 is 9.84 Å². The van der Waals surface area contributed by atoms with E-state index in [0.717, 1.165) is 38.4 Å². The molecule has 1 aliphatic rings. The van der Waals surface area contributed by atoms with Gasteiger partial charge in [-0.2, -0.15) is 0 Å². The lowest BCUT2D eigenvalue weighted by atomic mass is 10.1. The first kappa shape index (κ1) is 20.5. The van der Waals surface area contributed by atoms with E-state index >= 15 is 0 Å². The van der Waals surface area contributed by atoms with E-state index in [1.165, 1.54) is 11.8 Å². The van der Waals surface area contributed by atoms with Gasteiger partial charge in [0.1, 0.15) is 0 Å². The van der Waals surface area contributed by atoms with E-state index in [1.54, 1.807) is 24.3 Å². The molecule has 150 valence electrons. The maximum absolute atomic E-state index is 12.5. The van der Waals surface area contributed by atoms with Gasteiger partial charge in [-0.1, -0.05) is 36.4 Å². The van der Waals surface area contributed by atoms with Crippen LogP contribution in [0.3, 0.4) is 0 Å². The zero-order valence-electron chi connectivity index (χ0n) is 16.1. The summed E-state index contributed by atoms with van der Waals surface area (Å²) in [6.45, 7) is 4.59. The summed E-state index contributed by atoms with van der Waals surface area (Å²) >= 11 is 0. The molecular weight excluding hydrogens is 376 g/mol. The van der Waals surface area contributed by atoms with Gasteiger partial charge in [0, 0.05) is 38.0 Å². The van der Waals surface area contributed by atoms with Crippen molar-refractivity contribution in [2.24, 2.45) is 0 Å². The third kappa shape index (κ3) is 6.15. The number of hydrogen-bond donors (Lipinski definition) is 1. The third-order valence-electron chi connectivity index (χ3n) is 4.67. The van der Waals surface area contributed by atoms with Crippen LogP contribution in [0.1, 0.15) is 27.0 Å². The molecule has 2 aromatic carbocycles. The van der Waals surface area contributed by atoms with Crippen LogP contribution >= 0.6 is 0 Å². The number of ether oxygens (including phenoxy) is 1. The molecular formula is C21H26N2O4S. The van der Waals surface area contributed by atoms with E-state index in [1.807, 2.05) is 18.2 Å². The van der Waals surface area contributed by atoms with Gasteiger partial charge in [-0.15, -0.1) is 0 Å². The molecule has 1 amide bonds. The van der Waals surface area contributed by atoms with Gasteiger partial charge in [0.15, 0.2) is 9.84 Å². The normalized spacial score (nSPS) is 15.3. The van der Waals surface area contributed by atoms with Gasteiger partial charge in [-0.25, -0.2) is 8.42 Å². The maximum atomic E-state index is 12.5. The second kappa shape index (κ2) is 9.32. The molecule has 0 radical (unpaired) electrons. The van der Waals surface area contributed by atoms with Crippen LogP contribution in [0.15, 0.2) is 48.5 Å². The Balaban J connectivity index is 1.64. The summed E-state index contributed by atoms with van der Waals surface area (Å²) in [7, 11) is -3.14. The van der Waals surface area contributed by atoms with Gasteiger partial charge >= 0.3 is 0 Å². The van der Waals surface area contributed by atoms with Gasteiger partial charge in [0.05, 0.1) is 19.0 Å². The Morgan fingerprint density at radius 3 is 2.50 bits per heavy atom. The predicted molar refractivity (Wildman–Crippen MR) is 109 cm³/mol. The fourth-order valence-electron chi connectivity index (χ4n) is 3.27. The van der Waals surface area contributed by atoms with Crippen LogP contribution in [0.4, 0.5) is 0 Å². The van der Waals surface area contributed by atoms with Crippen LogP contribution in [0.5, 0.6) is 0 Å². The standard InChI is InChI=1S/C21H26N2O4S/c1-28(25,26)16-17-5-4-8-18(13-17)21(24)22-14-19-6-2-3-7-20(19)15-23-9-11-27-12-10-23/h2-8,13H,9-12,14-16H2,1H3,(H,22,24). The topological polar surface area (TPSA) is 75.7 Å². The smallest absolute Gasteiger partial charge is 0.251 e. The highest BCUT2D eigenvalue weighted by atomic mass is 32.2. The summed E-state index contributed by atoms with van der Waals surface area (Å²) in [6, 6.07) is 14.8. The fourth-order valence-corrected chi connectivity index (χ4v) is 4.05. The molecule has 1 N–H and O–H groups in total. The SMILES string of the molecule is CS(=O)(=O)Cc1cccc(C(=O)NCc2ccccc2CN2CCOCC2)c1. The average Bonchev–Trinajstić information content (AvgIpc) is 2.67. The molecule has 1 aliphatic heterocycles. The Hall–Kier alpha value is -2.22. The molecule has 0 spiro atoms. The van der Waals surface area contributed by atoms with Crippen molar-refractivity contribution < 1.29 is 17.9 Å². The molecule has 1 heterocycles. The van der Waals surface area contributed by atoms with Crippen molar-refractivity contribution in [1.82, 2.24) is 10.2 Å². The largest absolute Gasteiger partial charge is 0.379 e. The van der Waals surface area contributed by atoms with E-state index in [0.29, 0.717) is 17.7 Å². The van der Waals surface area contributed by atoms with Crippen molar-refractivity contribution in [3.63, 3.8) is 0 Å². The van der Waals surface area contributed by atoms with Crippen LogP contribution in [0, 0.1) is 0 Å². The van der Waals surface area contributed by atoms with E-state index in [9.17, 15) is 13.2 Å².